The van der Waals surface area contributed by atoms with Gasteiger partial charge in [-0.25, -0.2) is 0 Å². The Balaban J connectivity index is 4.50. The van der Waals surface area contributed by atoms with E-state index in [1.54, 1.807) is 0 Å². The predicted molar refractivity (Wildman–Crippen MR) is 56.3 cm³/mol. The third kappa shape index (κ3) is 3.61. The van der Waals surface area contributed by atoms with E-state index >= 15 is 0 Å². The van der Waals surface area contributed by atoms with E-state index in [1.807, 2.05) is 6.08 Å². The van der Waals surface area contributed by atoms with Gasteiger partial charge in [0, 0.05) is 12.1 Å². The van der Waals surface area contributed by atoms with Gasteiger partial charge in [-0.15, -0.1) is 6.58 Å². The van der Waals surface area contributed by atoms with E-state index in [0.29, 0.717) is 12.1 Å². The summed E-state index contributed by atoms with van der Waals surface area (Å²) in [4.78, 5) is 2.21. The van der Waals surface area contributed by atoms with Gasteiger partial charge in [-0.05, 0) is 34.1 Å². The molecule has 0 spiro atoms. The van der Waals surface area contributed by atoms with Crippen molar-refractivity contribution in [2.24, 2.45) is 0 Å². The lowest BCUT2D eigenvalue weighted by Gasteiger charge is -2.33. The second kappa shape index (κ2) is 5.77. The first-order chi connectivity index (χ1) is 6.04. The van der Waals surface area contributed by atoms with Crippen molar-refractivity contribution in [1.29, 1.82) is 5.26 Å². The van der Waals surface area contributed by atoms with Gasteiger partial charge in [-0.2, -0.15) is 5.26 Å². The molecule has 0 amide bonds. The van der Waals surface area contributed by atoms with Gasteiger partial charge in [-0.1, -0.05) is 6.08 Å². The lowest BCUT2D eigenvalue weighted by Crippen LogP contribution is -2.44. The predicted octanol–water partition coefficient (Wildman–Crippen LogP) is 2.57. The lowest BCUT2D eigenvalue weighted by atomic mass is 10.1. The molecule has 1 atom stereocenters. The number of hydrogen-bond acceptors (Lipinski definition) is 2. The van der Waals surface area contributed by atoms with Gasteiger partial charge in [0.1, 0.15) is 6.04 Å². The fraction of sp³-hybridized carbons (Fsp3) is 0.727. The zero-order valence-electron chi connectivity index (χ0n) is 9.12. The summed E-state index contributed by atoms with van der Waals surface area (Å²) in [5.74, 6) is 0. The van der Waals surface area contributed by atoms with Gasteiger partial charge in [0.25, 0.3) is 0 Å². The van der Waals surface area contributed by atoms with Gasteiger partial charge in [0.2, 0.25) is 0 Å². The molecule has 0 aromatic heterocycles. The first-order valence-corrected chi connectivity index (χ1v) is 4.82. The van der Waals surface area contributed by atoms with E-state index in [2.05, 4.69) is 45.2 Å². The van der Waals surface area contributed by atoms with Crippen LogP contribution in [0.1, 0.15) is 34.1 Å². The van der Waals surface area contributed by atoms with Crippen LogP contribution in [0.15, 0.2) is 12.7 Å². The van der Waals surface area contributed by atoms with Crippen molar-refractivity contribution in [2.75, 3.05) is 0 Å². The molecule has 0 aliphatic rings. The Hall–Kier alpha value is -0.810. The molecule has 0 radical (unpaired) electrons. The Morgan fingerprint density at radius 3 is 2.00 bits per heavy atom. The highest BCUT2D eigenvalue weighted by molar-refractivity contribution is 4.98. The highest BCUT2D eigenvalue weighted by Crippen LogP contribution is 2.13. The zero-order valence-corrected chi connectivity index (χ0v) is 9.12. The minimum atomic E-state index is -0.0301. The lowest BCUT2D eigenvalue weighted by molar-refractivity contribution is 0.143. The molecule has 0 rings (SSSR count). The van der Waals surface area contributed by atoms with E-state index in [4.69, 9.17) is 5.26 Å². The van der Waals surface area contributed by atoms with Crippen molar-refractivity contribution in [3.05, 3.63) is 12.7 Å². The number of nitrogens with zero attached hydrogens (tertiary/aromatic N) is 2. The van der Waals surface area contributed by atoms with Crippen LogP contribution in [-0.2, 0) is 0 Å². The Morgan fingerprint density at radius 1 is 1.31 bits per heavy atom. The van der Waals surface area contributed by atoms with Crippen LogP contribution in [0, 0.1) is 11.3 Å². The van der Waals surface area contributed by atoms with Gasteiger partial charge >= 0.3 is 0 Å². The Morgan fingerprint density at radius 2 is 1.77 bits per heavy atom. The normalized spacial score (nSPS) is 13.4. The van der Waals surface area contributed by atoms with E-state index in [-0.39, 0.29) is 6.04 Å². The molecule has 0 saturated heterocycles. The van der Waals surface area contributed by atoms with Crippen molar-refractivity contribution in [2.45, 2.75) is 52.2 Å². The SMILES string of the molecule is C=CCC(C#N)N(C(C)C)C(C)C. The average Bonchev–Trinajstić information content (AvgIpc) is 2.02. The second-order valence-corrected chi connectivity index (χ2v) is 3.80. The summed E-state index contributed by atoms with van der Waals surface area (Å²) in [5.41, 5.74) is 0. The van der Waals surface area contributed by atoms with Gasteiger partial charge in [-0.3, -0.25) is 4.90 Å². The molecule has 2 heteroatoms. The summed E-state index contributed by atoms with van der Waals surface area (Å²) >= 11 is 0. The molecule has 0 aromatic carbocycles. The molecule has 0 aliphatic heterocycles. The van der Waals surface area contributed by atoms with E-state index in [1.165, 1.54) is 0 Å². The number of nitriles is 1. The van der Waals surface area contributed by atoms with Crippen LogP contribution >= 0.6 is 0 Å². The van der Waals surface area contributed by atoms with Crippen molar-refractivity contribution in [3.8, 4) is 6.07 Å². The van der Waals surface area contributed by atoms with Crippen LogP contribution in [0.25, 0.3) is 0 Å². The molecule has 0 bridgehead atoms. The molecule has 0 fully saturated rings. The minimum Gasteiger partial charge on any atom is -0.283 e. The number of hydrogen-bond donors (Lipinski definition) is 0. The van der Waals surface area contributed by atoms with E-state index in [0.717, 1.165) is 6.42 Å². The monoisotopic (exact) mass is 180 g/mol. The molecule has 0 aliphatic carbocycles. The van der Waals surface area contributed by atoms with E-state index < -0.39 is 0 Å². The van der Waals surface area contributed by atoms with Crippen LogP contribution in [-0.4, -0.2) is 23.0 Å². The maximum atomic E-state index is 8.99. The molecule has 0 saturated carbocycles. The van der Waals surface area contributed by atoms with Gasteiger partial charge < -0.3 is 0 Å². The maximum absolute atomic E-state index is 8.99. The molecular formula is C11H20N2. The smallest absolute Gasteiger partial charge is 0.102 e. The third-order valence-corrected chi connectivity index (χ3v) is 2.09. The van der Waals surface area contributed by atoms with Crippen molar-refractivity contribution in [1.82, 2.24) is 4.90 Å². The average molecular weight is 180 g/mol. The molecule has 1 unspecified atom stereocenters. The van der Waals surface area contributed by atoms with Crippen molar-refractivity contribution < 1.29 is 0 Å². The van der Waals surface area contributed by atoms with Crippen molar-refractivity contribution >= 4 is 0 Å². The van der Waals surface area contributed by atoms with Crippen LogP contribution in [0.4, 0.5) is 0 Å². The van der Waals surface area contributed by atoms with Gasteiger partial charge in [0.05, 0.1) is 6.07 Å². The fourth-order valence-corrected chi connectivity index (χ4v) is 1.72. The minimum absolute atomic E-state index is 0.0301. The van der Waals surface area contributed by atoms with Crippen LogP contribution < -0.4 is 0 Å². The van der Waals surface area contributed by atoms with E-state index in [9.17, 15) is 0 Å². The standard InChI is InChI=1S/C11H20N2/c1-6-7-11(8-12)13(9(2)3)10(4)5/h6,9-11H,1,7H2,2-5H3. The molecule has 74 valence electrons. The summed E-state index contributed by atoms with van der Waals surface area (Å²) in [7, 11) is 0. The topological polar surface area (TPSA) is 27.0 Å². The van der Waals surface area contributed by atoms with Crippen molar-refractivity contribution in [3.63, 3.8) is 0 Å². The Kier molecular flexibility index (Phi) is 5.41. The molecular weight excluding hydrogens is 160 g/mol. The Bertz CT molecular complexity index is 181. The first-order valence-electron chi connectivity index (χ1n) is 4.82. The Labute approximate surface area is 81.9 Å². The molecule has 0 aromatic rings. The van der Waals surface area contributed by atoms with Crippen LogP contribution in [0.5, 0.6) is 0 Å². The highest BCUT2D eigenvalue weighted by atomic mass is 15.2. The quantitative estimate of drug-likeness (QED) is 0.608. The van der Waals surface area contributed by atoms with Gasteiger partial charge in [0.15, 0.2) is 0 Å². The van der Waals surface area contributed by atoms with Crippen LogP contribution in [0.3, 0.4) is 0 Å². The molecule has 0 N–H and O–H groups in total. The highest BCUT2D eigenvalue weighted by Gasteiger charge is 2.21. The summed E-state index contributed by atoms with van der Waals surface area (Å²) in [6.07, 6.45) is 2.55. The third-order valence-electron chi connectivity index (χ3n) is 2.09. The summed E-state index contributed by atoms with van der Waals surface area (Å²) in [6.45, 7) is 12.1. The molecule has 13 heavy (non-hydrogen) atoms. The summed E-state index contributed by atoms with van der Waals surface area (Å²) < 4.78 is 0. The van der Waals surface area contributed by atoms with Crippen LogP contribution in [0.2, 0.25) is 0 Å². The summed E-state index contributed by atoms with van der Waals surface area (Å²) in [6, 6.07) is 3.10. The largest absolute Gasteiger partial charge is 0.283 e. The second-order valence-electron chi connectivity index (χ2n) is 3.80. The molecule has 0 heterocycles. The summed E-state index contributed by atoms with van der Waals surface area (Å²) in [5, 5.41) is 8.99. The fourth-order valence-electron chi connectivity index (χ4n) is 1.72. The maximum Gasteiger partial charge on any atom is 0.102 e. The zero-order chi connectivity index (χ0) is 10.4. The molecule has 2 nitrogen and oxygen atoms in total. The first kappa shape index (κ1) is 12.2. The number of rotatable bonds is 5.